The molecule has 1 unspecified atom stereocenters. The fourth-order valence-corrected chi connectivity index (χ4v) is 2.57. The predicted molar refractivity (Wildman–Crippen MR) is 67.1 cm³/mol. The summed E-state index contributed by atoms with van der Waals surface area (Å²) in [5.74, 6) is -0.179. The number of carboxylic acid groups (broad SMARTS) is 1. The van der Waals surface area contributed by atoms with E-state index < -0.39 is 5.97 Å². The van der Waals surface area contributed by atoms with Gasteiger partial charge in [-0.2, -0.15) is 0 Å². The molecule has 1 aliphatic carbocycles. The minimum atomic E-state index is -0.800. The molecule has 0 aromatic carbocycles. The lowest BCUT2D eigenvalue weighted by Gasteiger charge is -2.34. The minimum absolute atomic E-state index is 0.0768. The van der Waals surface area contributed by atoms with Crippen LogP contribution in [0.15, 0.2) is 12.2 Å². The number of hydrogen-bond acceptors (Lipinski definition) is 3. The van der Waals surface area contributed by atoms with Crippen LogP contribution in [0.5, 0.6) is 0 Å². The van der Waals surface area contributed by atoms with Crippen LogP contribution in [0.3, 0.4) is 0 Å². The number of carboxylic acids is 1. The SMILES string of the molecule is O=C(O)CN1CCN(C(=O)CC2C=CCC2)CC1. The van der Waals surface area contributed by atoms with Crippen molar-refractivity contribution < 1.29 is 14.7 Å². The number of carbonyl (C=O) groups is 2. The zero-order valence-corrected chi connectivity index (χ0v) is 10.5. The number of allylic oxidation sites excluding steroid dienone is 2. The average molecular weight is 252 g/mol. The molecule has 5 heteroatoms. The summed E-state index contributed by atoms with van der Waals surface area (Å²) >= 11 is 0. The van der Waals surface area contributed by atoms with Gasteiger partial charge in [0.25, 0.3) is 0 Å². The van der Waals surface area contributed by atoms with Gasteiger partial charge in [0, 0.05) is 32.6 Å². The molecular weight excluding hydrogens is 232 g/mol. The number of rotatable bonds is 4. The summed E-state index contributed by atoms with van der Waals surface area (Å²) < 4.78 is 0. The van der Waals surface area contributed by atoms with E-state index in [-0.39, 0.29) is 12.5 Å². The number of carbonyl (C=O) groups excluding carboxylic acids is 1. The fraction of sp³-hybridized carbons (Fsp3) is 0.692. The van der Waals surface area contributed by atoms with Crippen molar-refractivity contribution in [2.75, 3.05) is 32.7 Å². The summed E-state index contributed by atoms with van der Waals surface area (Å²) in [4.78, 5) is 26.4. The standard InChI is InChI=1S/C13H20N2O3/c16-12(9-11-3-1-2-4-11)15-7-5-14(6-8-15)10-13(17)18/h1,3,11H,2,4-10H2,(H,17,18). The van der Waals surface area contributed by atoms with Crippen LogP contribution in [0.2, 0.25) is 0 Å². The van der Waals surface area contributed by atoms with Gasteiger partial charge in [-0.05, 0) is 18.8 Å². The van der Waals surface area contributed by atoms with Crippen molar-refractivity contribution >= 4 is 11.9 Å². The molecule has 2 rings (SSSR count). The Bertz CT molecular complexity index is 346. The quantitative estimate of drug-likeness (QED) is 0.743. The van der Waals surface area contributed by atoms with Gasteiger partial charge < -0.3 is 10.0 Å². The molecule has 1 saturated heterocycles. The van der Waals surface area contributed by atoms with Gasteiger partial charge in [-0.15, -0.1) is 0 Å². The average Bonchev–Trinajstić information content (AvgIpc) is 2.82. The topological polar surface area (TPSA) is 60.9 Å². The van der Waals surface area contributed by atoms with E-state index in [0.29, 0.717) is 38.5 Å². The van der Waals surface area contributed by atoms with Crippen LogP contribution in [0.25, 0.3) is 0 Å². The van der Waals surface area contributed by atoms with Crippen LogP contribution in [-0.2, 0) is 9.59 Å². The van der Waals surface area contributed by atoms with Crippen LogP contribution in [0, 0.1) is 5.92 Å². The molecule has 0 aromatic heterocycles. The molecule has 1 N–H and O–H groups in total. The Morgan fingerprint density at radius 2 is 1.94 bits per heavy atom. The van der Waals surface area contributed by atoms with E-state index in [1.54, 1.807) is 0 Å². The summed E-state index contributed by atoms with van der Waals surface area (Å²) in [5.41, 5.74) is 0. The molecule has 1 aliphatic heterocycles. The number of piperazine rings is 1. The van der Waals surface area contributed by atoms with Crippen molar-refractivity contribution in [2.24, 2.45) is 5.92 Å². The van der Waals surface area contributed by atoms with Crippen LogP contribution in [0.1, 0.15) is 19.3 Å². The summed E-state index contributed by atoms with van der Waals surface area (Å²) in [6.45, 7) is 2.72. The Morgan fingerprint density at radius 1 is 1.22 bits per heavy atom. The molecule has 1 atom stereocenters. The molecule has 2 aliphatic rings. The third-order valence-electron chi connectivity index (χ3n) is 3.63. The first-order valence-corrected chi connectivity index (χ1v) is 6.54. The maximum absolute atomic E-state index is 12.0. The Labute approximate surface area is 107 Å². The zero-order valence-electron chi connectivity index (χ0n) is 10.5. The van der Waals surface area contributed by atoms with E-state index in [1.807, 2.05) is 9.80 Å². The highest BCUT2D eigenvalue weighted by Crippen LogP contribution is 2.21. The normalized spacial score (nSPS) is 24.4. The molecule has 0 saturated carbocycles. The van der Waals surface area contributed by atoms with E-state index >= 15 is 0 Å². The van der Waals surface area contributed by atoms with Crippen LogP contribution in [-0.4, -0.2) is 59.5 Å². The van der Waals surface area contributed by atoms with E-state index in [9.17, 15) is 9.59 Å². The molecule has 1 amide bonds. The summed E-state index contributed by atoms with van der Waals surface area (Å²) in [6.07, 6.45) is 7.06. The van der Waals surface area contributed by atoms with E-state index in [2.05, 4.69) is 12.2 Å². The second-order valence-electron chi connectivity index (χ2n) is 5.02. The molecule has 1 heterocycles. The Hall–Kier alpha value is -1.36. The van der Waals surface area contributed by atoms with Crippen molar-refractivity contribution in [1.82, 2.24) is 9.80 Å². The third kappa shape index (κ3) is 3.57. The maximum Gasteiger partial charge on any atom is 0.317 e. The molecule has 0 spiro atoms. The highest BCUT2D eigenvalue weighted by atomic mass is 16.4. The Kier molecular flexibility index (Phi) is 4.36. The van der Waals surface area contributed by atoms with Crippen LogP contribution < -0.4 is 0 Å². The molecule has 5 nitrogen and oxygen atoms in total. The zero-order chi connectivity index (χ0) is 13.0. The second-order valence-corrected chi connectivity index (χ2v) is 5.02. The van der Waals surface area contributed by atoms with Gasteiger partial charge >= 0.3 is 5.97 Å². The van der Waals surface area contributed by atoms with Gasteiger partial charge in [0.05, 0.1) is 6.54 Å². The van der Waals surface area contributed by atoms with E-state index in [1.165, 1.54) is 0 Å². The molecule has 0 radical (unpaired) electrons. The van der Waals surface area contributed by atoms with Crippen molar-refractivity contribution in [3.63, 3.8) is 0 Å². The number of amides is 1. The lowest BCUT2D eigenvalue weighted by Crippen LogP contribution is -2.50. The van der Waals surface area contributed by atoms with Gasteiger partial charge in [0.2, 0.25) is 5.91 Å². The lowest BCUT2D eigenvalue weighted by molar-refractivity contribution is -0.139. The van der Waals surface area contributed by atoms with Gasteiger partial charge in [0.15, 0.2) is 0 Å². The first kappa shape index (κ1) is 13.1. The molecule has 100 valence electrons. The summed E-state index contributed by atoms with van der Waals surface area (Å²) in [7, 11) is 0. The fourth-order valence-electron chi connectivity index (χ4n) is 2.57. The van der Waals surface area contributed by atoms with Gasteiger partial charge in [-0.25, -0.2) is 0 Å². The third-order valence-corrected chi connectivity index (χ3v) is 3.63. The molecular formula is C13H20N2O3. The minimum Gasteiger partial charge on any atom is -0.480 e. The van der Waals surface area contributed by atoms with Crippen molar-refractivity contribution in [3.05, 3.63) is 12.2 Å². The van der Waals surface area contributed by atoms with E-state index in [4.69, 9.17) is 5.11 Å². The lowest BCUT2D eigenvalue weighted by atomic mass is 10.0. The smallest absolute Gasteiger partial charge is 0.317 e. The Balaban J connectivity index is 1.73. The monoisotopic (exact) mass is 252 g/mol. The summed E-state index contributed by atoms with van der Waals surface area (Å²) in [6, 6.07) is 0. The van der Waals surface area contributed by atoms with Crippen LogP contribution in [0.4, 0.5) is 0 Å². The first-order valence-electron chi connectivity index (χ1n) is 6.54. The van der Waals surface area contributed by atoms with Crippen molar-refractivity contribution in [3.8, 4) is 0 Å². The summed E-state index contributed by atoms with van der Waals surface area (Å²) in [5, 5.41) is 8.70. The first-order chi connectivity index (χ1) is 8.65. The number of hydrogen-bond donors (Lipinski definition) is 1. The molecule has 1 fully saturated rings. The Morgan fingerprint density at radius 3 is 2.50 bits per heavy atom. The van der Waals surface area contributed by atoms with Gasteiger partial charge in [-0.1, -0.05) is 12.2 Å². The number of aliphatic carboxylic acids is 1. The van der Waals surface area contributed by atoms with Crippen molar-refractivity contribution in [2.45, 2.75) is 19.3 Å². The largest absolute Gasteiger partial charge is 0.480 e. The van der Waals surface area contributed by atoms with E-state index in [0.717, 1.165) is 12.8 Å². The van der Waals surface area contributed by atoms with Gasteiger partial charge in [0.1, 0.15) is 0 Å². The van der Waals surface area contributed by atoms with Gasteiger partial charge in [-0.3, -0.25) is 14.5 Å². The highest BCUT2D eigenvalue weighted by molar-refractivity contribution is 5.77. The number of nitrogens with zero attached hydrogens (tertiary/aromatic N) is 2. The molecule has 18 heavy (non-hydrogen) atoms. The maximum atomic E-state index is 12.0. The second kappa shape index (κ2) is 6.00. The molecule has 0 bridgehead atoms. The van der Waals surface area contributed by atoms with Crippen LogP contribution >= 0.6 is 0 Å². The highest BCUT2D eigenvalue weighted by Gasteiger charge is 2.24. The molecule has 0 aromatic rings. The van der Waals surface area contributed by atoms with Crippen molar-refractivity contribution in [1.29, 1.82) is 0 Å². The predicted octanol–water partition coefficient (Wildman–Crippen LogP) is 0.571.